The van der Waals surface area contributed by atoms with Crippen LogP contribution in [0.25, 0.3) is 0 Å². The van der Waals surface area contributed by atoms with Crippen molar-refractivity contribution in [2.45, 2.75) is 19.9 Å². The number of aliphatic carboxylic acids is 1. The Kier molecular flexibility index (Phi) is 3.94. The van der Waals surface area contributed by atoms with Crippen LogP contribution in [0.3, 0.4) is 0 Å². The van der Waals surface area contributed by atoms with Crippen molar-refractivity contribution in [1.29, 1.82) is 0 Å². The maximum Gasteiger partial charge on any atom is 0.311 e. The van der Waals surface area contributed by atoms with E-state index < -0.39 is 11.4 Å². The predicted octanol–water partition coefficient (Wildman–Crippen LogP) is 2.71. The van der Waals surface area contributed by atoms with Crippen molar-refractivity contribution >= 4 is 17.6 Å². The molecule has 1 atom stereocenters. The van der Waals surface area contributed by atoms with Gasteiger partial charge in [0.25, 0.3) is 0 Å². The third-order valence-electron chi connectivity index (χ3n) is 2.76. The van der Waals surface area contributed by atoms with Crippen LogP contribution in [-0.2, 0) is 4.79 Å². The molecule has 0 bridgehead atoms. The Balaban J connectivity index is 3.07. The van der Waals surface area contributed by atoms with Crippen LogP contribution in [0, 0.1) is 5.41 Å². The van der Waals surface area contributed by atoms with Gasteiger partial charge < -0.3 is 10.4 Å². The molecule has 0 radical (unpaired) electrons. The Labute approximate surface area is 100 Å². The lowest BCUT2D eigenvalue weighted by Crippen LogP contribution is -2.38. The Morgan fingerprint density at radius 3 is 2.25 bits per heavy atom. The largest absolute Gasteiger partial charge is 0.481 e. The van der Waals surface area contributed by atoms with Gasteiger partial charge in [-0.25, -0.2) is 0 Å². The number of nitrogens with one attached hydrogen (secondary N) is 1. The number of benzene rings is 1. The predicted molar refractivity (Wildman–Crippen MR) is 64.7 cm³/mol. The Bertz CT molecular complexity index is 373. The highest BCUT2D eigenvalue weighted by Gasteiger charge is 2.36. The summed E-state index contributed by atoms with van der Waals surface area (Å²) in [7, 11) is 1.75. The van der Waals surface area contributed by atoms with Crippen LogP contribution in [0.2, 0.25) is 5.02 Å². The van der Waals surface area contributed by atoms with Crippen molar-refractivity contribution in [3.8, 4) is 0 Å². The minimum absolute atomic E-state index is 0.248. The molecule has 0 saturated heterocycles. The van der Waals surface area contributed by atoms with Crippen LogP contribution in [-0.4, -0.2) is 18.1 Å². The number of rotatable bonds is 4. The van der Waals surface area contributed by atoms with E-state index in [1.54, 1.807) is 33.0 Å². The van der Waals surface area contributed by atoms with Crippen molar-refractivity contribution < 1.29 is 9.90 Å². The second-order valence-corrected chi connectivity index (χ2v) is 4.74. The Hall–Kier alpha value is -1.06. The number of carboxylic acid groups (broad SMARTS) is 1. The fourth-order valence-electron chi connectivity index (χ4n) is 1.72. The van der Waals surface area contributed by atoms with Gasteiger partial charge in [-0.05, 0) is 38.6 Å². The number of carbonyl (C=O) groups is 1. The van der Waals surface area contributed by atoms with Crippen LogP contribution in [0.1, 0.15) is 25.5 Å². The summed E-state index contributed by atoms with van der Waals surface area (Å²) in [5.41, 5.74) is 0.0436. The number of hydrogen-bond acceptors (Lipinski definition) is 2. The van der Waals surface area contributed by atoms with Gasteiger partial charge in [-0.15, -0.1) is 0 Å². The van der Waals surface area contributed by atoms with Crippen molar-refractivity contribution in [1.82, 2.24) is 5.32 Å². The van der Waals surface area contributed by atoms with Gasteiger partial charge in [-0.1, -0.05) is 23.7 Å². The third-order valence-corrected chi connectivity index (χ3v) is 3.02. The van der Waals surface area contributed by atoms with E-state index in [1.807, 2.05) is 12.1 Å². The highest BCUT2D eigenvalue weighted by molar-refractivity contribution is 6.30. The Morgan fingerprint density at radius 2 is 1.88 bits per heavy atom. The number of carboxylic acids is 1. The lowest BCUT2D eigenvalue weighted by atomic mass is 9.80. The van der Waals surface area contributed by atoms with Gasteiger partial charge in [-0.3, -0.25) is 4.79 Å². The second kappa shape index (κ2) is 4.85. The lowest BCUT2D eigenvalue weighted by molar-refractivity contribution is -0.148. The molecule has 0 saturated carbocycles. The number of hydrogen-bond donors (Lipinski definition) is 2. The zero-order valence-corrected chi connectivity index (χ0v) is 10.4. The summed E-state index contributed by atoms with van der Waals surface area (Å²) < 4.78 is 0. The van der Waals surface area contributed by atoms with Crippen LogP contribution in [0.5, 0.6) is 0 Å². The molecule has 1 unspecified atom stereocenters. The van der Waals surface area contributed by atoms with Crippen LogP contribution in [0.15, 0.2) is 24.3 Å². The molecule has 0 aromatic heterocycles. The van der Waals surface area contributed by atoms with E-state index in [2.05, 4.69) is 5.32 Å². The average Bonchev–Trinajstić information content (AvgIpc) is 2.21. The van der Waals surface area contributed by atoms with Gasteiger partial charge in [0.05, 0.1) is 5.41 Å². The monoisotopic (exact) mass is 241 g/mol. The fourth-order valence-corrected chi connectivity index (χ4v) is 1.85. The molecule has 0 aliphatic carbocycles. The smallest absolute Gasteiger partial charge is 0.311 e. The van der Waals surface area contributed by atoms with Crippen LogP contribution in [0.4, 0.5) is 0 Å². The second-order valence-electron chi connectivity index (χ2n) is 4.30. The highest BCUT2D eigenvalue weighted by Crippen LogP contribution is 2.33. The first-order valence-electron chi connectivity index (χ1n) is 5.05. The molecule has 0 fully saturated rings. The topological polar surface area (TPSA) is 49.3 Å². The highest BCUT2D eigenvalue weighted by atomic mass is 35.5. The van der Waals surface area contributed by atoms with Crippen LogP contribution < -0.4 is 5.32 Å². The summed E-state index contributed by atoms with van der Waals surface area (Å²) in [6, 6.07) is 6.96. The quantitative estimate of drug-likeness (QED) is 0.852. The maximum atomic E-state index is 11.2. The molecule has 88 valence electrons. The first-order valence-corrected chi connectivity index (χ1v) is 5.43. The van der Waals surface area contributed by atoms with E-state index in [0.29, 0.717) is 5.02 Å². The van der Waals surface area contributed by atoms with Crippen molar-refractivity contribution in [3.05, 3.63) is 34.9 Å². The van der Waals surface area contributed by atoms with Gasteiger partial charge in [0.15, 0.2) is 0 Å². The molecule has 0 aliphatic rings. The van der Waals surface area contributed by atoms with E-state index in [-0.39, 0.29) is 6.04 Å². The standard InChI is InChI=1S/C12H16ClNO2/c1-12(2,11(15)16)10(14-3)8-4-6-9(13)7-5-8/h4-7,10,14H,1-3H3,(H,15,16). The summed E-state index contributed by atoms with van der Waals surface area (Å²) in [4.78, 5) is 11.2. The molecular formula is C12H16ClNO2. The van der Waals surface area contributed by atoms with E-state index >= 15 is 0 Å². The molecule has 0 amide bonds. The van der Waals surface area contributed by atoms with Gasteiger partial charge in [-0.2, -0.15) is 0 Å². The molecule has 0 aliphatic heterocycles. The molecule has 1 rings (SSSR count). The Morgan fingerprint density at radius 1 is 1.38 bits per heavy atom. The molecule has 16 heavy (non-hydrogen) atoms. The summed E-state index contributed by atoms with van der Waals surface area (Å²) in [5, 5.41) is 12.9. The van der Waals surface area contributed by atoms with E-state index in [0.717, 1.165) is 5.56 Å². The molecule has 1 aromatic carbocycles. The van der Waals surface area contributed by atoms with Gasteiger partial charge in [0.1, 0.15) is 0 Å². The van der Waals surface area contributed by atoms with E-state index in [9.17, 15) is 9.90 Å². The summed E-state index contributed by atoms with van der Waals surface area (Å²) in [5.74, 6) is -0.832. The first-order chi connectivity index (χ1) is 7.39. The lowest BCUT2D eigenvalue weighted by Gasteiger charge is -2.30. The minimum atomic E-state index is -0.872. The zero-order valence-electron chi connectivity index (χ0n) is 9.62. The average molecular weight is 242 g/mol. The third kappa shape index (κ3) is 2.54. The number of halogens is 1. The van der Waals surface area contributed by atoms with Gasteiger partial charge >= 0.3 is 5.97 Å². The maximum absolute atomic E-state index is 11.2. The minimum Gasteiger partial charge on any atom is -0.481 e. The first kappa shape index (κ1) is 13.0. The van der Waals surface area contributed by atoms with E-state index in [1.165, 1.54) is 0 Å². The molecule has 2 N–H and O–H groups in total. The molecule has 3 nitrogen and oxygen atoms in total. The zero-order chi connectivity index (χ0) is 12.3. The summed E-state index contributed by atoms with van der Waals surface area (Å²) >= 11 is 5.80. The molecule has 0 heterocycles. The molecule has 0 spiro atoms. The molecule has 4 heteroatoms. The van der Waals surface area contributed by atoms with Crippen molar-refractivity contribution in [2.75, 3.05) is 7.05 Å². The normalized spacial score (nSPS) is 13.5. The van der Waals surface area contributed by atoms with E-state index in [4.69, 9.17) is 11.6 Å². The van der Waals surface area contributed by atoms with Gasteiger partial charge in [0, 0.05) is 11.1 Å². The fraction of sp³-hybridized carbons (Fsp3) is 0.417. The molecular weight excluding hydrogens is 226 g/mol. The van der Waals surface area contributed by atoms with Crippen LogP contribution >= 0.6 is 11.6 Å². The summed E-state index contributed by atoms with van der Waals surface area (Å²) in [6.07, 6.45) is 0. The SMILES string of the molecule is CNC(c1ccc(Cl)cc1)C(C)(C)C(=O)O. The van der Waals surface area contributed by atoms with Crippen molar-refractivity contribution in [2.24, 2.45) is 5.41 Å². The molecule has 1 aromatic rings. The van der Waals surface area contributed by atoms with Gasteiger partial charge in [0.2, 0.25) is 0 Å². The van der Waals surface area contributed by atoms with Crippen molar-refractivity contribution in [3.63, 3.8) is 0 Å². The summed E-state index contributed by atoms with van der Waals surface area (Å²) in [6.45, 7) is 3.40.